The van der Waals surface area contributed by atoms with Crippen molar-refractivity contribution in [3.8, 4) is 11.8 Å². The minimum atomic E-state index is -0.472. The molecule has 2 aromatic rings. The Bertz CT molecular complexity index is 679. The van der Waals surface area contributed by atoms with Gasteiger partial charge < -0.3 is 10.1 Å². The van der Waals surface area contributed by atoms with Gasteiger partial charge in [0.25, 0.3) is 0 Å². The normalized spacial score (nSPS) is 9.27. The maximum Gasteiger partial charge on any atom is 0.408 e. The van der Waals surface area contributed by atoms with E-state index in [0.29, 0.717) is 0 Å². The van der Waals surface area contributed by atoms with E-state index in [1.165, 1.54) is 0 Å². The summed E-state index contributed by atoms with van der Waals surface area (Å²) in [5, 5.41) is 2.59. The van der Waals surface area contributed by atoms with Crippen LogP contribution in [0, 0.1) is 11.8 Å². The fraction of sp³-hybridized carbons (Fsp3) is 0.105. The lowest BCUT2D eigenvalue weighted by Crippen LogP contribution is -2.24. The molecule has 0 unspecified atom stereocenters. The smallest absolute Gasteiger partial charge is 0.408 e. The second-order valence-electron chi connectivity index (χ2n) is 4.54. The Morgan fingerprint density at radius 2 is 1.86 bits per heavy atom. The second kappa shape index (κ2) is 8.33. The van der Waals surface area contributed by atoms with Crippen molar-refractivity contribution in [2.75, 3.05) is 6.54 Å². The summed E-state index contributed by atoms with van der Waals surface area (Å²) in [7, 11) is 0. The number of nitrogens with one attached hydrogen (secondary N) is 1. The van der Waals surface area contributed by atoms with Crippen LogP contribution in [0.3, 0.4) is 0 Å². The minimum Gasteiger partial charge on any atom is -0.445 e. The summed E-state index contributed by atoms with van der Waals surface area (Å²) < 4.78 is 5.08. The van der Waals surface area contributed by atoms with Crippen molar-refractivity contribution in [3.05, 3.63) is 77.9 Å². The average molecular weight is 291 g/mol. The quantitative estimate of drug-likeness (QED) is 0.874. The molecule has 0 bridgehead atoms. The molecule has 0 aliphatic heterocycles. The standard InChI is InChI=1S/C19H17NO2/c1-2-16-10-12-17(13-11-16)9-6-14-20-19(21)22-15-18-7-4-3-5-8-18/h2-5,7-8,10-13H,1,14-15H2,(H,20,21). The first-order chi connectivity index (χ1) is 10.8. The maximum atomic E-state index is 11.5. The predicted molar refractivity (Wildman–Crippen MR) is 88.0 cm³/mol. The summed E-state index contributed by atoms with van der Waals surface area (Å²) in [6.45, 7) is 4.20. The molecule has 3 heteroatoms. The number of benzene rings is 2. The predicted octanol–water partition coefficient (Wildman–Crippen LogP) is 3.61. The first kappa shape index (κ1) is 15.4. The molecule has 2 rings (SSSR count). The lowest BCUT2D eigenvalue weighted by molar-refractivity contribution is 0.141. The van der Waals surface area contributed by atoms with E-state index in [-0.39, 0.29) is 13.2 Å². The van der Waals surface area contributed by atoms with E-state index < -0.39 is 6.09 Å². The van der Waals surface area contributed by atoms with E-state index in [1.54, 1.807) is 6.08 Å². The van der Waals surface area contributed by atoms with E-state index in [0.717, 1.165) is 16.7 Å². The summed E-state index contributed by atoms with van der Waals surface area (Å²) >= 11 is 0. The summed E-state index contributed by atoms with van der Waals surface area (Å²) in [4.78, 5) is 11.5. The highest BCUT2D eigenvalue weighted by Gasteiger charge is 1.99. The van der Waals surface area contributed by atoms with Crippen molar-refractivity contribution in [2.45, 2.75) is 6.61 Å². The summed E-state index contributed by atoms with van der Waals surface area (Å²) in [5.41, 5.74) is 2.89. The van der Waals surface area contributed by atoms with E-state index in [1.807, 2.05) is 54.6 Å². The van der Waals surface area contributed by atoms with Gasteiger partial charge in [-0.2, -0.15) is 0 Å². The third kappa shape index (κ3) is 5.18. The fourth-order valence-electron chi connectivity index (χ4n) is 1.74. The van der Waals surface area contributed by atoms with E-state index >= 15 is 0 Å². The van der Waals surface area contributed by atoms with Crippen LogP contribution in [0.5, 0.6) is 0 Å². The van der Waals surface area contributed by atoms with Crippen LogP contribution >= 0.6 is 0 Å². The number of alkyl carbamates (subject to hydrolysis) is 1. The van der Waals surface area contributed by atoms with Gasteiger partial charge in [0.1, 0.15) is 6.61 Å². The highest BCUT2D eigenvalue weighted by molar-refractivity contribution is 5.67. The first-order valence-electron chi connectivity index (χ1n) is 6.94. The molecule has 0 saturated carbocycles. The largest absolute Gasteiger partial charge is 0.445 e. The number of amides is 1. The highest BCUT2D eigenvalue weighted by Crippen LogP contribution is 2.03. The molecular weight excluding hydrogens is 274 g/mol. The lowest BCUT2D eigenvalue weighted by Gasteiger charge is -2.04. The maximum absolute atomic E-state index is 11.5. The Balaban J connectivity index is 1.72. The Morgan fingerprint density at radius 3 is 2.55 bits per heavy atom. The zero-order valence-electron chi connectivity index (χ0n) is 12.2. The molecular formula is C19H17NO2. The van der Waals surface area contributed by atoms with Crippen LogP contribution in [0.1, 0.15) is 16.7 Å². The van der Waals surface area contributed by atoms with Crippen molar-refractivity contribution >= 4 is 12.2 Å². The molecule has 0 aliphatic rings. The number of carbonyl (C=O) groups is 1. The van der Waals surface area contributed by atoms with Gasteiger partial charge in [0.05, 0.1) is 6.54 Å². The van der Waals surface area contributed by atoms with Gasteiger partial charge in [-0.3, -0.25) is 0 Å². The van der Waals surface area contributed by atoms with Gasteiger partial charge in [-0.05, 0) is 23.3 Å². The SMILES string of the molecule is C=Cc1ccc(C#CCNC(=O)OCc2ccccc2)cc1. The van der Waals surface area contributed by atoms with Crippen LogP contribution in [-0.2, 0) is 11.3 Å². The number of hydrogen-bond acceptors (Lipinski definition) is 2. The second-order valence-corrected chi connectivity index (χ2v) is 4.54. The van der Waals surface area contributed by atoms with Crippen molar-refractivity contribution in [1.29, 1.82) is 0 Å². The molecule has 110 valence electrons. The van der Waals surface area contributed by atoms with Crippen molar-refractivity contribution < 1.29 is 9.53 Å². The molecule has 0 spiro atoms. The first-order valence-corrected chi connectivity index (χ1v) is 6.94. The minimum absolute atomic E-state index is 0.247. The van der Waals surface area contributed by atoms with Crippen LogP contribution < -0.4 is 5.32 Å². The zero-order valence-corrected chi connectivity index (χ0v) is 12.2. The van der Waals surface area contributed by atoms with Gasteiger partial charge in [-0.25, -0.2) is 4.79 Å². The van der Waals surface area contributed by atoms with Crippen LogP contribution in [0.4, 0.5) is 4.79 Å². The summed E-state index contributed by atoms with van der Waals surface area (Å²) in [5.74, 6) is 5.85. The molecule has 0 saturated heterocycles. The number of ether oxygens (including phenoxy) is 1. The van der Waals surface area contributed by atoms with Gasteiger partial charge in [-0.1, -0.05) is 67.0 Å². The topological polar surface area (TPSA) is 38.3 Å². The van der Waals surface area contributed by atoms with Crippen molar-refractivity contribution in [3.63, 3.8) is 0 Å². The van der Waals surface area contributed by atoms with Gasteiger partial charge in [0, 0.05) is 5.56 Å². The Labute approximate surface area is 130 Å². The molecule has 0 radical (unpaired) electrons. The summed E-state index contributed by atoms with van der Waals surface area (Å²) in [6.07, 6.45) is 1.31. The molecule has 0 aromatic heterocycles. The third-order valence-corrected chi connectivity index (χ3v) is 2.91. The van der Waals surface area contributed by atoms with Gasteiger partial charge in [-0.15, -0.1) is 0 Å². The van der Waals surface area contributed by atoms with Crippen molar-refractivity contribution in [2.24, 2.45) is 0 Å². The third-order valence-electron chi connectivity index (χ3n) is 2.91. The molecule has 1 N–H and O–H groups in total. The van der Waals surface area contributed by atoms with E-state index in [2.05, 4.69) is 23.7 Å². The molecule has 0 atom stereocenters. The Morgan fingerprint density at radius 1 is 1.14 bits per heavy atom. The number of rotatable bonds is 4. The van der Waals surface area contributed by atoms with E-state index in [9.17, 15) is 4.79 Å². The lowest BCUT2D eigenvalue weighted by atomic mass is 10.1. The van der Waals surface area contributed by atoms with Gasteiger partial charge >= 0.3 is 6.09 Å². The molecule has 0 fully saturated rings. The molecule has 2 aromatic carbocycles. The molecule has 0 aliphatic carbocycles. The highest BCUT2D eigenvalue weighted by atomic mass is 16.5. The molecule has 1 amide bonds. The van der Waals surface area contributed by atoms with Crippen LogP contribution in [0.25, 0.3) is 6.08 Å². The summed E-state index contributed by atoms with van der Waals surface area (Å²) in [6, 6.07) is 17.2. The molecule has 22 heavy (non-hydrogen) atoms. The zero-order chi connectivity index (χ0) is 15.6. The number of hydrogen-bond donors (Lipinski definition) is 1. The van der Waals surface area contributed by atoms with Crippen LogP contribution in [-0.4, -0.2) is 12.6 Å². The monoisotopic (exact) mass is 291 g/mol. The number of carbonyl (C=O) groups excluding carboxylic acids is 1. The molecule has 3 nitrogen and oxygen atoms in total. The molecule has 0 heterocycles. The van der Waals surface area contributed by atoms with Gasteiger partial charge in [0.15, 0.2) is 0 Å². The van der Waals surface area contributed by atoms with Crippen LogP contribution in [0.15, 0.2) is 61.2 Å². The van der Waals surface area contributed by atoms with Crippen molar-refractivity contribution in [1.82, 2.24) is 5.32 Å². The van der Waals surface area contributed by atoms with E-state index in [4.69, 9.17) is 4.74 Å². The Kier molecular flexibility index (Phi) is 5.83. The average Bonchev–Trinajstić information content (AvgIpc) is 2.58. The van der Waals surface area contributed by atoms with Gasteiger partial charge in [0.2, 0.25) is 0 Å². The fourth-order valence-corrected chi connectivity index (χ4v) is 1.74. The Hall–Kier alpha value is -2.99. The van der Waals surface area contributed by atoms with Crippen LogP contribution in [0.2, 0.25) is 0 Å².